The number of ether oxygens (including phenoxy) is 4. The molecule has 0 radical (unpaired) electrons. The SMILES string of the molecule is COc1cc2nc(C)nc(NCCOc3cccc(C(F)(F)C(C)(C)O)c3F)c2cc1OC[C@@H]1CN(C)CCO1. The zero-order valence-corrected chi connectivity index (χ0v) is 23.3. The standard InChI is InChI=1S/C28H35F3N4O5/c1-17-33-21-14-23(37-5)24(40-16-18-15-35(4)10-12-38-18)13-19(21)26(34-17)32-9-11-39-22-8-6-7-20(25(22)29)28(30,31)27(2,3)36/h6-8,13-14,18,36H,9-12,15-16H2,1-5H3,(H,32,33,34)/t18-/m0/s1. The molecule has 4 rings (SSSR count). The van der Waals surface area contributed by atoms with Gasteiger partial charge in [0.25, 0.3) is 0 Å². The fraction of sp³-hybridized carbons (Fsp3) is 0.500. The number of alkyl halides is 2. The summed E-state index contributed by atoms with van der Waals surface area (Å²) in [6.45, 7) is 6.33. The van der Waals surface area contributed by atoms with Gasteiger partial charge in [0.2, 0.25) is 0 Å². The molecule has 3 aromatic rings. The Balaban J connectivity index is 1.47. The number of anilines is 1. The summed E-state index contributed by atoms with van der Waals surface area (Å²) in [5.41, 5.74) is -2.76. The van der Waals surface area contributed by atoms with E-state index in [4.69, 9.17) is 18.9 Å². The van der Waals surface area contributed by atoms with Gasteiger partial charge in [-0.05, 0) is 46.0 Å². The summed E-state index contributed by atoms with van der Waals surface area (Å²) in [5.74, 6) is -3.35. The Kier molecular flexibility index (Phi) is 8.91. The molecule has 0 spiro atoms. The largest absolute Gasteiger partial charge is 0.493 e. The van der Waals surface area contributed by atoms with E-state index in [2.05, 4.69) is 20.2 Å². The normalized spacial score (nSPS) is 16.7. The molecule has 0 aliphatic carbocycles. The third-order valence-electron chi connectivity index (χ3n) is 6.58. The number of halogens is 3. The average molecular weight is 565 g/mol. The van der Waals surface area contributed by atoms with E-state index in [1.165, 1.54) is 12.1 Å². The quantitative estimate of drug-likeness (QED) is 0.333. The molecule has 1 saturated heterocycles. The first-order valence-electron chi connectivity index (χ1n) is 13.0. The molecule has 0 saturated carbocycles. The number of rotatable bonds is 11. The van der Waals surface area contributed by atoms with Gasteiger partial charge in [0.15, 0.2) is 23.1 Å². The monoisotopic (exact) mass is 564 g/mol. The van der Waals surface area contributed by atoms with Crippen LogP contribution < -0.4 is 19.5 Å². The van der Waals surface area contributed by atoms with Crippen molar-refractivity contribution in [3.63, 3.8) is 0 Å². The van der Waals surface area contributed by atoms with Gasteiger partial charge in [-0.2, -0.15) is 8.78 Å². The average Bonchev–Trinajstić information content (AvgIpc) is 2.89. The van der Waals surface area contributed by atoms with E-state index in [1.54, 1.807) is 26.2 Å². The maximum absolute atomic E-state index is 14.9. The fourth-order valence-corrected chi connectivity index (χ4v) is 4.33. The maximum Gasteiger partial charge on any atom is 0.303 e. The number of morpholine rings is 1. The van der Waals surface area contributed by atoms with Gasteiger partial charge in [-0.3, -0.25) is 0 Å². The number of aliphatic hydroxyl groups is 1. The molecule has 1 fully saturated rings. The molecule has 9 nitrogen and oxygen atoms in total. The Morgan fingerprint density at radius 3 is 2.62 bits per heavy atom. The van der Waals surface area contributed by atoms with Crippen molar-refractivity contribution in [2.75, 3.05) is 58.9 Å². The molecule has 2 aromatic carbocycles. The lowest BCUT2D eigenvalue weighted by atomic mass is 9.93. The number of aromatic nitrogens is 2. The minimum atomic E-state index is -3.81. The van der Waals surface area contributed by atoms with Crippen LogP contribution in [0.1, 0.15) is 25.2 Å². The summed E-state index contributed by atoms with van der Waals surface area (Å²) in [5, 5.41) is 13.6. The van der Waals surface area contributed by atoms with Crippen molar-refractivity contribution in [3.8, 4) is 17.2 Å². The Morgan fingerprint density at radius 2 is 1.93 bits per heavy atom. The van der Waals surface area contributed by atoms with Gasteiger partial charge in [-0.15, -0.1) is 0 Å². The van der Waals surface area contributed by atoms with Crippen molar-refractivity contribution in [1.29, 1.82) is 0 Å². The van der Waals surface area contributed by atoms with Crippen LogP contribution in [-0.4, -0.2) is 85.3 Å². The molecular weight excluding hydrogens is 529 g/mol. The lowest BCUT2D eigenvalue weighted by molar-refractivity contribution is -0.170. The topological polar surface area (TPSA) is 98.2 Å². The second-order valence-corrected chi connectivity index (χ2v) is 10.2. The Morgan fingerprint density at radius 1 is 1.15 bits per heavy atom. The lowest BCUT2D eigenvalue weighted by Gasteiger charge is -2.30. The van der Waals surface area contributed by atoms with Crippen LogP contribution in [0.5, 0.6) is 17.2 Å². The van der Waals surface area contributed by atoms with Crippen LogP contribution in [0.4, 0.5) is 19.0 Å². The van der Waals surface area contributed by atoms with Crippen LogP contribution in [-0.2, 0) is 10.7 Å². The maximum atomic E-state index is 14.9. The number of fused-ring (bicyclic) bond motifs is 1. The Labute approximate surface area is 231 Å². The molecular formula is C28H35F3N4O5. The third-order valence-corrected chi connectivity index (χ3v) is 6.58. The molecule has 0 bridgehead atoms. The number of benzene rings is 2. The van der Waals surface area contributed by atoms with Crippen LogP contribution in [0, 0.1) is 12.7 Å². The number of nitrogens with one attached hydrogen (secondary N) is 1. The molecule has 1 aromatic heterocycles. The van der Waals surface area contributed by atoms with Gasteiger partial charge in [-0.25, -0.2) is 14.4 Å². The second-order valence-electron chi connectivity index (χ2n) is 10.2. The zero-order valence-electron chi connectivity index (χ0n) is 23.3. The number of aryl methyl sites for hydroxylation is 1. The molecule has 0 unspecified atom stereocenters. The predicted molar refractivity (Wildman–Crippen MR) is 144 cm³/mol. The minimum absolute atomic E-state index is 0.0505. The number of hydrogen-bond acceptors (Lipinski definition) is 9. The summed E-state index contributed by atoms with van der Waals surface area (Å²) in [4.78, 5) is 11.2. The smallest absolute Gasteiger partial charge is 0.303 e. The summed E-state index contributed by atoms with van der Waals surface area (Å²) >= 11 is 0. The highest BCUT2D eigenvalue weighted by Crippen LogP contribution is 2.41. The van der Waals surface area contributed by atoms with Gasteiger partial charge in [0, 0.05) is 24.5 Å². The summed E-state index contributed by atoms with van der Waals surface area (Å²) in [7, 11) is 3.58. The van der Waals surface area contributed by atoms with Gasteiger partial charge in [0.1, 0.15) is 36.6 Å². The molecule has 2 heterocycles. The highest BCUT2D eigenvalue weighted by Gasteiger charge is 2.49. The van der Waals surface area contributed by atoms with Crippen LogP contribution in [0.15, 0.2) is 30.3 Å². The number of hydrogen-bond donors (Lipinski definition) is 2. The fourth-order valence-electron chi connectivity index (χ4n) is 4.33. The van der Waals surface area contributed by atoms with Crippen molar-refractivity contribution in [2.45, 2.75) is 38.4 Å². The van der Waals surface area contributed by atoms with Crippen molar-refractivity contribution in [1.82, 2.24) is 14.9 Å². The predicted octanol–water partition coefficient (Wildman–Crippen LogP) is 4.15. The van der Waals surface area contributed by atoms with E-state index in [-0.39, 0.29) is 25.0 Å². The highest BCUT2D eigenvalue weighted by atomic mass is 19.3. The Hall–Kier alpha value is -3.35. The van der Waals surface area contributed by atoms with E-state index in [0.717, 1.165) is 33.0 Å². The van der Waals surface area contributed by atoms with Crippen LogP contribution in [0.25, 0.3) is 10.9 Å². The first-order valence-corrected chi connectivity index (χ1v) is 13.0. The molecule has 40 heavy (non-hydrogen) atoms. The van der Waals surface area contributed by atoms with E-state index in [9.17, 15) is 18.3 Å². The van der Waals surface area contributed by atoms with Gasteiger partial charge in [-0.1, -0.05) is 6.07 Å². The van der Waals surface area contributed by atoms with Crippen molar-refractivity contribution < 1.29 is 37.2 Å². The first-order chi connectivity index (χ1) is 18.9. The Bertz CT molecular complexity index is 1340. The summed E-state index contributed by atoms with van der Waals surface area (Å²) < 4.78 is 66.8. The zero-order chi connectivity index (χ0) is 29.1. The first kappa shape index (κ1) is 29.6. The molecule has 0 amide bonds. The van der Waals surface area contributed by atoms with E-state index >= 15 is 0 Å². The van der Waals surface area contributed by atoms with Crippen LogP contribution >= 0.6 is 0 Å². The van der Waals surface area contributed by atoms with E-state index in [1.807, 2.05) is 7.05 Å². The van der Waals surface area contributed by atoms with E-state index in [0.29, 0.717) is 47.3 Å². The molecule has 2 N–H and O–H groups in total. The molecule has 1 atom stereocenters. The minimum Gasteiger partial charge on any atom is -0.493 e. The van der Waals surface area contributed by atoms with E-state index < -0.39 is 22.9 Å². The van der Waals surface area contributed by atoms with Crippen molar-refractivity contribution >= 4 is 16.7 Å². The van der Waals surface area contributed by atoms with Crippen LogP contribution in [0.2, 0.25) is 0 Å². The van der Waals surface area contributed by atoms with Crippen molar-refractivity contribution in [3.05, 3.63) is 47.5 Å². The third kappa shape index (κ3) is 6.51. The van der Waals surface area contributed by atoms with Gasteiger partial charge >= 0.3 is 5.92 Å². The van der Waals surface area contributed by atoms with Gasteiger partial charge < -0.3 is 34.3 Å². The molecule has 1 aliphatic heterocycles. The second kappa shape index (κ2) is 12.0. The highest BCUT2D eigenvalue weighted by molar-refractivity contribution is 5.91. The number of methoxy groups -OCH3 is 1. The van der Waals surface area contributed by atoms with Crippen LogP contribution in [0.3, 0.4) is 0 Å². The molecule has 218 valence electrons. The molecule has 1 aliphatic rings. The summed E-state index contributed by atoms with van der Waals surface area (Å²) in [6.07, 6.45) is -0.0783. The lowest BCUT2D eigenvalue weighted by Crippen LogP contribution is -2.42. The van der Waals surface area contributed by atoms with Gasteiger partial charge in [0.05, 0.1) is 31.3 Å². The molecule has 12 heteroatoms. The number of likely N-dealkylation sites (N-methyl/N-ethyl adjacent to an activating group) is 1. The van der Waals surface area contributed by atoms with Crippen molar-refractivity contribution in [2.24, 2.45) is 0 Å². The summed E-state index contributed by atoms with van der Waals surface area (Å²) in [6, 6.07) is 6.99. The number of nitrogens with zero attached hydrogens (tertiary/aromatic N) is 3.